The second-order valence-electron chi connectivity index (χ2n) is 3.71. The van der Waals surface area contributed by atoms with E-state index >= 15 is 0 Å². The minimum Gasteiger partial charge on any atom is -0.500 e. The number of hydrogen-bond donors (Lipinski definition) is 0. The molecule has 1 aromatic carbocycles. The molecule has 0 aliphatic carbocycles. The lowest BCUT2D eigenvalue weighted by molar-refractivity contribution is 0.214. The van der Waals surface area contributed by atoms with Crippen molar-refractivity contribution in [1.29, 1.82) is 5.26 Å². The summed E-state index contributed by atoms with van der Waals surface area (Å²) >= 11 is 0. The first-order chi connectivity index (χ1) is 7.72. The summed E-state index contributed by atoms with van der Waals surface area (Å²) in [6.45, 7) is 1.58. The van der Waals surface area contributed by atoms with Crippen LogP contribution in [0, 0.1) is 11.3 Å². The standard InChI is InChI=1S/C13H16N2O/c1-15(2)8-10-16-9-7-12-3-5-13(11-14)6-4-12/h3-7,9H,8,10H2,1-2H3/b9-7-. The van der Waals surface area contributed by atoms with Gasteiger partial charge in [0.25, 0.3) is 0 Å². The SMILES string of the molecule is CN(C)CCO/C=C\c1ccc(C#N)cc1. The average Bonchev–Trinajstić information content (AvgIpc) is 2.29. The molecular weight excluding hydrogens is 200 g/mol. The fourth-order valence-electron chi connectivity index (χ4n) is 1.10. The molecule has 0 spiro atoms. The number of rotatable bonds is 5. The monoisotopic (exact) mass is 216 g/mol. The van der Waals surface area contributed by atoms with Gasteiger partial charge in [0.1, 0.15) is 0 Å². The van der Waals surface area contributed by atoms with Crippen LogP contribution in [0.3, 0.4) is 0 Å². The van der Waals surface area contributed by atoms with E-state index in [0.717, 1.165) is 12.1 Å². The Morgan fingerprint density at radius 1 is 1.31 bits per heavy atom. The van der Waals surface area contributed by atoms with Crippen LogP contribution >= 0.6 is 0 Å². The molecule has 0 heterocycles. The number of nitrogens with zero attached hydrogens (tertiary/aromatic N) is 2. The molecule has 0 radical (unpaired) electrons. The fraction of sp³-hybridized carbons (Fsp3) is 0.308. The Bertz CT molecular complexity index is 374. The lowest BCUT2D eigenvalue weighted by Gasteiger charge is -2.07. The maximum absolute atomic E-state index is 8.63. The maximum atomic E-state index is 8.63. The molecule has 0 fully saturated rings. The van der Waals surface area contributed by atoms with E-state index in [4.69, 9.17) is 10.00 Å². The molecule has 3 heteroatoms. The van der Waals surface area contributed by atoms with E-state index in [2.05, 4.69) is 11.0 Å². The summed E-state index contributed by atoms with van der Waals surface area (Å²) in [4.78, 5) is 2.07. The largest absolute Gasteiger partial charge is 0.500 e. The van der Waals surface area contributed by atoms with E-state index in [0.29, 0.717) is 12.2 Å². The Balaban J connectivity index is 2.36. The van der Waals surface area contributed by atoms with Crippen molar-refractivity contribution in [3.63, 3.8) is 0 Å². The number of nitriles is 1. The fourth-order valence-corrected chi connectivity index (χ4v) is 1.10. The maximum Gasteiger partial charge on any atom is 0.0999 e. The van der Waals surface area contributed by atoms with Crippen molar-refractivity contribution in [3.8, 4) is 6.07 Å². The Labute approximate surface area is 96.6 Å². The van der Waals surface area contributed by atoms with Gasteiger partial charge in [-0.1, -0.05) is 12.1 Å². The quantitative estimate of drug-likeness (QED) is 0.558. The van der Waals surface area contributed by atoms with Gasteiger partial charge in [0, 0.05) is 6.54 Å². The van der Waals surface area contributed by atoms with Gasteiger partial charge in [-0.25, -0.2) is 0 Å². The highest BCUT2D eigenvalue weighted by atomic mass is 16.5. The molecule has 84 valence electrons. The third-order valence-electron chi connectivity index (χ3n) is 2.05. The van der Waals surface area contributed by atoms with Crippen LogP contribution in [0.5, 0.6) is 0 Å². The smallest absolute Gasteiger partial charge is 0.0999 e. The summed E-state index contributed by atoms with van der Waals surface area (Å²) in [5.74, 6) is 0. The molecule has 0 amide bonds. The third-order valence-corrected chi connectivity index (χ3v) is 2.05. The molecule has 16 heavy (non-hydrogen) atoms. The van der Waals surface area contributed by atoms with Gasteiger partial charge in [-0.2, -0.15) is 5.26 Å². The van der Waals surface area contributed by atoms with Crippen molar-refractivity contribution in [2.75, 3.05) is 27.2 Å². The zero-order valence-electron chi connectivity index (χ0n) is 9.68. The number of benzene rings is 1. The van der Waals surface area contributed by atoms with Gasteiger partial charge in [-0.05, 0) is 37.9 Å². The number of hydrogen-bond acceptors (Lipinski definition) is 3. The van der Waals surface area contributed by atoms with Crippen LogP contribution in [-0.4, -0.2) is 32.1 Å². The minimum atomic E-state index is 0.672. The van der Waals surface area contributed by atoms with E-state index in [9.17, 15) is 0 Å². The molecule has 1 aromatic rings. The first-order valence-electron chi connectivity index (χ1n) is 5.15. The molecule has 0 aliphatic heterocycles. The Hall–Kier alpha value is -1.79. The summed E-state index contributed by atoms with van der Waals surface area (Å²) in [6, 6.07) is 9.45. The molecular formula is C13H16N2O. The average molecular weight is 216 g/mol. The van der Waals surface area contributed by atoms with Gasteiger partial charge in [0.2, 0.25) is 0 Å². The molecule has 0 saturated carbocycles. The van der Waals surface area contributed by atoms with E-state index in [-0.39, 0.29) is 0 Å². The highest BCUT2D eigenvalue weighted by molar-refractivity contribution is 5.49. The first kappa shape index (κ1) is 12.3. The topological polar surface area (TPSA) is 36.3 Å². The predicted octanol–water partition coefficient (Wildman–Crippen LogP) is 2.11. The summed E-state index contributed by atoms with van der Waals surface area (Å²) in [5, 5.41) is 8.63. The van der Waals surface area contributed by atoms with E-state index < -0.39 is 0 Å². The normalized spacial score (nSPS) is 10.6. The molecule has 0 atom stereocenters. The summed E-state index contributed by atoms with van der Waals surface area (Å²) < 4.78 is 5.32. The van der Waals surface area contributed by atoms with Crippen molar-refractivity contribution in [1.82, 2.24) is 4.90 Å². The van der Waals surface area contributed by atoms with Crippen LogP contribution in [0.2, 0.25) is 0 Å². The Morgan fingerprint density at radius 3 is 2.56 bits per heavy atom. The van der Waals surface area contributed by atoms with Gasteiger partial charge >= 0.3 is 0 Å². The lowest BCUT2D eigenvalue weighted by Crippen LogP contribution is -2.16. The van der Waals surface area contributed by atoms with Gasteiger partial charge in [0.15, 0.2) is 0 Å². The highest BCUT2D eigenvalue weighted by Gasteiger charge is 1.90. The molecule has 3 nitrogen and oxygen atoms in total. The van der Waals surface area contributed by atoms with Crippen molar-refractivity contribution in [3.05, 3.63) is 41.7 Å². The molecule has 0 bridgehead atoms. The van der Waals surface area contributed by atoms with Crippen LogP contribution < -0.4 is 0 Å². The predicted molar refractivity (Wildman–Crippen MR) is 64.7 cm³/mol. The van der Waals surface area contributed by atoms with Crippen molar-refractivity contribution in [2.24, 2.45) is 0 Å². The minimum absolute atomic E-state index is 0.672. The first-order valence-corrected chi connectivity index (χ1v) is 5.15. The molecule has 0 N–H and O–H groups in total. The summed E-state index contributed by atoms with van der Waals surface area (Å²) in [7, 11) is 4.02. The van der Waals surface area contributed by atoms with Crippen molar-refractivity contribution < 1.29 is 4.74 Å². The van der Waals surface area contributed by atoms with Crippen LogP contribution in [0.25, 0.3) is 6.08 Å². The van der Waals surface area contributed by atoms with Crippen molar-refractivity contribution in [2.45, 2.75) is 0 Å². The number of ether oxygens (including phenoxy) is 1. The van der Waals surface area contributed by atoms with Gasteiger partial charge in [-0.15, -0.1) is 0 Å². The highest BCUT2D eigenvalue weighted by Crippen LogP contribution is 2.05. The van der Waals surface area contributed by atoms with E-state index in [1.54, 1.807) is 18.4 Å². The summed E-state index contributed by atoms with van der Waals surface area (Å²) in [5.41, 5.74) is 1.70. The second-order valence-corrected chi connectivity index (χ2v) is 3.71. The molecule has 0 aromatic heterocycles. The van der Waals surface area contributed by atoms with Gasteiger partial charge in [-0.3, -0.25) is 0 Å². The number of likely N-dealkylation sites (N-methyl/N-ethyl adjacent to an activating group) is 1. The van der Waals surface area contributed by atoms with Gasteiger partial charge in [0.05, 0.1) is 24.5 Å². The zero-order chi connectivity index (χ0) is 11.8. The Morgan fingerprint density at radius 2 is 2.00 bits per heavy atom. The molecule has 0 unspecified atom stereocenters. The lowest BCUT2D eigenvalue weighted by atomic mass is 10.1. The molecule has 0 saturated heterocycles. The molecule has 1 rings (SSSR count). The van der Waals surface area contributed by atoms with E-state index in [1.165, 1.54) is 0 Å². The van der Waals surface area contributed by atoms with Crippen LogP contribution in [0.4, 0.5) is 0 Å². The van der Waals surface area contributed by atoms with Crippen molar-refractivity contribution >= 4 is 6.08 Å². The van der Waals surface area contributed by atoms with Crippen LogP contribution in [-0.2, 0) is 4.74 Å². The second kappa shape index (κ2) is 6.65. The third kappa shape index (κ3) is 4.63. The van der Waals surface area contributed by atoms with Gasteiger partial charge < -0.3 is 9.64 Å². The summed E-state index contributed by atoms with van der Waals surface area (Å²) in [6.07, 6.45) is 3.57. The van der Waals surface area contributed by atoms with Crippen LogP contribution in [0.15, 0.2) is 30.5 Å². The zero-order valence-corrected chi connectivity index (χ0v) is 9.68. The van der Waals surface area contributed by atoms with E-state index in [1.807, 2.05) is 32.3 Å². The Kier molecular flexibility index (Phi) is 5.10. The van der Waals surface area contributed by atoms with Crippen LogP contribution in [0.1, 0.15) is 11.1 Å². The molecule has 0 aliphatic rings.